The second kappa shape index (κ2) is 7.61. The molecule has 6 heteroatoms. The third kappa shape index (κ3) is 4.08. The zero-order chi connectivity index (χ0) is 16.8. The summed E-state index contributed by atoms with van der Waals surface area (Å²) >= 11 is 0. The summed E-state index contributed by atoms with van der Waals surface area (Å²) in [6, 6.07) is 1.68. The molecule has 0 saturated carbocycles. The number of nitriles is 1. The Morgan fingerprint density at radius 1 is 1.18 bits per heavy atom. The molecule has 2 amide bonds. The van der Waals surface area contributed by atoms with Crippen LogP contribution < -0.4 is 0 Å². The number of hydrogen-bond acceptors (Lipinski definition) is 4. The van der Waals surface area contributed by atoms with Gasteiger partial charge in [-0.3, -0.25) is 19.4 Å². The summed E-state index contributed by atoms with van der Waals surface area (Å²) in [5.41, 5.74) is -0.730. The number of rotatable bonds is 5. The summed E-state index contributed by atoms with van der Waals surface area (Å²) in [7, 11) is 0. The zero-order valence-electron chi connectivity index (χ0n) is 13.3. The summed E-state index contributed by atoms with van der Waals surface area (Å²) in [5.74, 6) is 3.44. The standard InChI is InChI=1S/C16H21N3O3/c1-4-16(2,3)14(21)15(22)19-12-8-11-18(19)13(20)9-6-5-7-10-17/h4,6,8-9,11-12H2,1-3H3. The Bertz CT molecular complexity index is 563. The van der Waals surface area contributed by atoms with Gasteiger partial charge in [0, 0.05) is 37.3 Å². The minimum absolute atomic E-state index is 0.129. The molecular weight excluding hydrogens is 282 g/mol. The smallest absolute Gasteiger partial charge is 0.288 e. The average Bonchev–Trinajstić information content (AvgIpc) is 2.99. The monoisotopic (exact) mass is 303 g/mol. The fourth-order valence-electron chi connectivity index (χ4n) is 2.05. The van der Waals surface area contributed by atoms with Crippen LogP contribution in [0.4, 0.5) is 0 Å². The van der Waals surface area contributed by atoms with E-state index in [0.717, 1.165) is 0 Å². The lowest BCUT2D eigenvalue weighted by atomic mass is 9.85. The van der Waals surface area contributed by atoms with Crippen LogP contribution in [0.25, 0.3) is 0 Å². The van der Waals surface area contributed by atoms with Gasteiger partial charge in [0.25, 0.3) is 0 Å². The predicted octanol–water partition coefficient (Wildman–Crippen LogP) is 1.27. The molecule has 1 aliphatic rings. The first-order valence-electron chi connectivity index (χ1n) is 7.38. The number of hydrogen-bond donors (Lipinski definition) is 0. The van der Waals surface area contributed by atoms with Crippen LogP contribution in [-0.2, 0) is 14.4 Å². The van der Waals surface area contributed by atoms with Crippen molar-refractivity contribution in [3.63, 3.8) is 0 Å². The molecule has 0 radical (unpaired) electrons. The molecule has 22 heavy (non-hydrogen) atoms. The van der Waals surface area contributed by atoms with E-state index < -0.39 is 17.1 Å². The van der Waals surface area contributed by atoms with Gasteiger partial charge in [-0.15, -0.1) is 0 Å². The molecule has 1 heterocycles. The maximum Gasteiger partial charge on any atom is 0.309 e. The molecule has 0 atom stereocenters. The van der Waals surface area contributed by atoms with Gasteiger partial charge < -0.3 is 0 Å². The molecule has 0 spiro atoms. The molecule has 0 N–H and O–H groups in total. The Morgan fingerprint density at radius 3 is 2.41 bits per heavy atom. The largest absolute Gasteiger partial charge is 0.309 e. The van der Waals surface area contributed by atoms with Crippen LogP contribution in [0.1, 0.15) is 46.5 Å². The number of carbonyl (C=O) groups is 3. The van der Waals surface area contributed by atoms with Crippen LogP contribution in [0, 0.1) is 28.6 Å². The third-order valence-corrected chi connectivity index (χ3v) is 3.85. The molecule has 1 fully saturated rings. The van der Waals surface area contributed by atoms with E-state index >= 15 is 0 Å². The van der Waals surface area contributed by atoms with Crippen molar-refractivity contribution in [3.05, 3.63) is 0 Å². The minimum atomic E-state index is -0.730. The van der Waals surface area contributed by atoms with Crippen LogP contribution in [-0.4, -0.2) is 40.7 Å². The Kier molecular flexibility index (Phi) is 6.12. The molecule has 0 aliphatic carbocycles. The lowest BCUT2D eigenvalue weighted by Gasteiger charge is -2.30. The second-order valence-electron chi connectivity index (χ2n) is 5.78. The van der Waals surface area contributed by atoms with Gasteiger partial charge in [-0.05, 0) is 12.8 Å². The molecule has 0 aromatic heterocycles. The quantitative estimate of drug-likeness (QED) is 0.566. The van der Waals surface area contributed by atoms with Crippen molar-refractivity contribution in [2.24, 2.45) is 5.41 Å². The Hall–Kier alpha value is -2.34. The summed E-state index contributed by atoms with van der Waals surface area (Å²) in [4.78, 5) is 36.8. The normalized spacial score (nSPS) is 14.1. The number of carbonyl (C=O) groups excluding carboxylic acids is 3. The molecule has 118 valence electrons. The van der Waals surface area contributed by atoms with Crippen LogP contribution in [0.2, 0.25) is 0 Å². The van der Waals surface area contributed by atoms with Gasteiger partial charge in [0.15, 0.2) is 6.07 Å². The maximum absolute atomic E-state index is 12.4. The Labute approximate surface area is 131 Å². The van der Waals surface area contributed by atoms with Crippen molar-refractivity contribution in [2.45, 2.75) is 46.5 Å². The number of nitrogens with zero attached hydrogens (tertiary/aromatic N) is 3. The Balaban J connectivity index is 2.74. The van der Waals surface area contributed by atoms with Gasteiger partial charge in [-0.25, -0.2) is 5.01 Å². The summed E-state index contributed by atoms with van der Waals surface area (Å²) < 4.78 is 0. The maximum atomic E-state index is 12.4. The van der Waals surface area contributed by atoms with Crippen molar-refractivity contribution in [3.8, 4) is 17.9 Å². The molecule has 1 saturated heterocycles. The number of hydrazine groups is 1. The highest BCUT2D eigenvalue weighted by Crippen LogP contribution is 2.24. The van der Waals surface area contributed by atoms with E-state index in [0.29, 0.717) is 25.9 Å². The van der Waals surface area contributed by atoms with Crippen molar-refractivity contribution in [2.75, 3.05) is 13.1 Å². The minimum Gasteiger partial charge on any atom is -0.288 e. The fraction of sp³-hybridized carbons (Fsp3) is 0.625. The lowest BCUT2D eigenvalue weighted by Crippen LogP contribution is -2.50. The van der Waals surface area contributed by atoms with Crippen molar-refractivity contribution in [1.29, 1.82) is 5.26 Å². The van der Waals surface area contributed by atoms with Crippen LogP contribution in [0.3, 0.4) is 0 Å². The molecule has 1 rings (SSSR count). The molecule has 0 bridgehead atoms. The summed E-state index contributed by atoms with van der Waals surface area (Å²) in [6.45, 7) is 6.11. The highest BCUT2D eigenvalue weighted by molar-refractivity contribution is 6.38. The van der Waals surface area contributed by atoms with E-state index in [1.54, 1.807) is 19.9 Å². The van der Waals surface area contributed by atoms with Gasteiger partial charge in [0.05, 0.1) is 0 Å². The fourth-order valence-corrected chi connectivity index (χ4v) is 2.05. The van der Waals surface area contributed by atoms with Gasteiger partial charge in [-0.2, -0.15) is 5.26 Å². The number of Topliss-reactive ketones (excluding diaryl/α,β-unsaturated/α-hetero) is 1. The van der Waals surface area contributed by atoms with Crippen molar-refractivity contribution in [1.82, 2.24) is 10.0 Å². The summed E-state index contributed by atoms with van der Waals surface area (Å²) in [5, 5.41) is 10.9. The molecule has 0 unspecified atom stereocenters. The molecular formula is C16H21N3O3. The first-order chi connectivity index (χ1) is 10.3. The molecule has 1 aliphatic heterocycles. The lowest BCUT2D eigenvalue weighted by molar-refractivity contribution is -0.164. The van der Waals surface area contributed by atoms with Crippen LogP contribution in [0.5, 0.6) is 0 Å². The zero-order valence-corrected chi connectivity index (χ0v) is 13.3. The van der Waals surface area contributed by atoms with E-state index in [1.165, 1.54) is 10.0 Å². The number of amides is 2. The van der Waals surface area contributed by atoms with Gasteiger partial charge in [0.1, 0.15) is 0 Å². The van der Waals surface area contributed by atoms with Gasteiger partial charge >= 0.3 is 5.91 Å². The van der Waals surface area contributed by atoms with Gasteiger partial charge in [-0.1, -0.05) is 26.7 Å². The first-order valence-corrected chi connectivity index (χ1v) is 7.38. The second-order valence-corrected chi connectivity index (χ2v) is 5.78. The van der Waals surface area contributed by atoms with Crippen LogP contribution >= 0.6 is 0 Å². The molecule has 0 aromatic rings. The average molecular weight is 303 g/mol. The van der Waals surface area contributed by atoms with Crippen molar-refractivity contribution < 1.29 is 14.4 Å². The molecule has 6 nitrogen and oxygen atoms in total. The topological polar surface area (TPSA) is 81.5 Å². The van der Waals surface area contributed by atoms with E-state index in [-0.39, 0.29) is 18.7 Å². The van der Waals surface area contributed by atoms with E-state index in [1.807, 2.05) is 6.92 Å². The predicted molar refractivity (Wildman–Crippen MR) is 79.7 cm³/mol. The van der Waals surface area contributed by atoms with E-state index in [2.05, 4.69) is 11.8 Å². The van der Waals surface area contributed by atoms with Crippen LogP contribution in [0.15, 0.2) is 0 Å². The first kappa shape index (κ1) is 17.7. The summed E-state index contributed by atoms with van der Waals surface area (Å²) in [6.07, 6.45) is 1.60. The van der Waals surface area contributed by atoms with E-state index in [9.17, 15) is 14.4 Å². The van der Waals surface area contributed by atoms with E-state index in [4.69, 9.17) is 5.26 Å². The SMILES string of the molecule is CCC(C)(C)C(=O)C(=O)N1CCCN1C(=O)CCC#CC#N. The van der Waals surface area contributed by atoms with Gasteiger partial charge in [0.2, 0.25) is 11.7 Å². The third-order valence-electron chi connectivity index (χ3n) is 3.85. The highest BCUT2D eigenvalue weighted by atomic mass is 16.2. The highest BCUT2D eigenvalue weighted by Gasteiger charge is 2.39. The number of ketones is 1. The Morgan fingerprint density at radius 2 is 1.82 bits per heavy atom. The molecule has 0 aromatic carbocycles. The van der Waals surface area contributed by atoms with Crippen molar-refractivity contribution >= 4 is 17.6 Å².